The molecule has 0 atom stereocenters. The van der Waals surface area contributed by atoms with Gasteiger partial charge >= 0.3 is 5.97 Å². The number of carboxylic acids is 1. The summed E-state index contributed by atoms with van der Waals surface area (Å²) in [5.74, 6) is -1.44. The fraction of sp³-hybridized carbons (Fsp3) is 0.167. The van der Waals surface area contributed by atoms with E-state index in [-0.39, 0.29) is 11.5 Å². The smallest absolute Gasteiger partial charge is 0.328 e. The van der Waals surface area contributed by atoms with Crippen LogP contribution in [0, 0.1) is 3.57 Å². The van der Waals surface area contributed by atoms with Crippen LogP contribution in [-0.2, 0) is 9.59 Å². The normalized spacial score (nSPS) is 11.1. The average Bonchev–Trinajstić information content (AvgIpc) is 2.27. The molecule has 0 saturated carbocycles. The van der Waals surface area contributed by atoms with E-state index in [2.05, 4.69) is 22.6 Å². The Morgan fingerprint density at radius 1 is 1.35 bits per heavy atom. The number of benzene rings is 1. The van der Waals surface area contributed by atoms with E-state index in [4.69, 9.17) is 5.11 Å². The number of halogens is 1. The van der Waals surface area contributed by atoms with E-state index in [0.717, 1.165) is 15.3 Å². The number of rotatable bonds is 3. The molecule has 0 aliphatic carbocycles. The number of likely N-dealkylation sites (N-methyl/N-ethyl adjacent to an activating group) is 1. The van der Waals surface area contributed by atoms with Crippen molar-refractivity contribution >= 4 is 40.2 Å². The first-order valence-corrected chi connectivity index (χ1v) is 5.95. The first-order valence-electron chi connectivity index (χ1n) is 4.87. The minimum absolute atomic E-state index is 0.194. The van der Waals surface area contributed by atoms with E-state index in [1.165, 1.54) is 11.8 Å². The summed E-state index contributed by atoms with van der Waals surface area (Å²) in [6.07, 6.45) is 0.911. The fourth-order valence-corrected chi connectivity index (χ4v) is 2.09. The topological polar surface area (TPSA) is 57.6 Å². The molecule has 0 aromatic heterocycles. The lowest BCUT2D eigenvalue weighted by Gasteiger charge is -2.18. The molecule has 0 saturated heterocycles. The number of aliphatic carboxylic acids is 1. The summed E-state index contributed by atoms with van der Waals surface area (Å²) in [5, 5.41) is 8.59. The molecule has 1 rings (SSSR count). The molecule has 1 aromatic carbocycles. The molecule has 0 heterocycles. The second-order valence-electron chi connectivity index (χ2n) is 3.48. The second-order valence-corrected chi connectivity index (χ2v) is 4.64. The van der Waals surface area contributed by atoms with Crippen molar-refractivity contribution in [2.45, 2.75) is 6.92 Å². The molecule has 0 spiro atoms. The summed E-state index contributed by atoms with van der Waals surface area (Å²) in [5.41, 5.74) is 0.955. The van der Waals surface area contributed by atoms with Gasteiger partial charge in [-0.15, -0.1) is 0 Å². The number of amides is 1. The number of carboxylic acid groups (broad SMARTS) is 1. The maximum atomic E-state index is 11.9. The molecule has 1 amide bonds. The standard InChI is InChI=1S/C12H12INO3/c1-8(7-11(15)16)12(17)14(2)10-6-4-3-5-9(10)13/h3-7H,1-2H3,(H,15,16)/b8-7+. The van der Waals surface area contributed by atoms with Crippen molar-refractivity contribution in [3.63, 3.8) is 0 Å². The molecule has 17 heavy (non-hydrogen) atoms. The van der Waals surface area contributed by atoms with Gasteiger partial charge in [0.05, 0.1) is 5.69 Å². The Hall–Kier alpha value is -1.37. The summed E-state index contributed by atoms with van der Waals surface area (Å²) in [4.78, 5) is 23.9. The monoisotopic (exact) mass is 345 g/mol. The number of anilines is 1. The molecule has 1 N–H and O–H groups in total. The van der Waals surface area contributed by atoms with Crippen LogP contribution in [0.25, 0.3) is 0 Å². The van der Waals surface area contributed by atoms with Gasteiger partial charge in [0.15, 0.2) is 0 Å². The molecule has 0 aliphatic heterocycles. The van der Waals surface area contributed by atoms with Crippen LogP contribution in [0.2, 0.25) is 0 Å². The minimum Gasteiger partial charge on any atom is -0.478 e. The van der Waals surface area contributed by atoms with Gasteiger partial charge in [-0.1, -0.05) is 12.1 Å². The number of hydrogen-bond donors (Lipinski definition) is 1. The number of carbonyl (C=O) groups excluding carboxylic acids is 1. The fourth-order valence-electron chi connectivity index (χ4n) is 1.34. The predicted octanol–water partition coefficient (Wildman–Crippen LogP) is 2.28. The lowest BCUT2D eigenvalue weighted by molar-refractivity contribution is -0.131. The Kier molecular flexibility index (Phi) is 4.68. The van der Waals surface area contributed by atoms with E-state index in [9.17, 15) is 9.59 Å². The Bertz CT molecular complexity index is 482. The molecule has 90 valence electrons. The Morgan fingerprint density at radius 2 is 1.94 bits per heavy atom. The maximum Gasteiger partial charge on any atom is 0.328 e. The van der Waals surface area contributed by atoms with Gasteiger partial charge in [-0.05, 0) is 41.6 Å². The molecular formula is C12H12INO3. The highest BCUT2D eigenvalue weighted by Crippen LogP contribution is 2.22. The first kappa shape index (κ1) is 13.7. The number of nitrogens with zero attached hydrogens (tertiary/aromatic N) is 1. The van der Waals surface area contributed by atoms with Crippen molar-refractivity contribution in [3.05, 3.63) is 39.5 Å². The molecular weight excluding hydrogens is 333 g/mol. The Balaban J connectivity index is 2.99. The first-order chi connectivity index (χ1) is 7.93. The highest BCUT2D eigenvalue weighted by molar-refractivity contribution is 14.1. The van der Waals surface area contributed by atoms with Gasteiger partial charge in [0.2, 0.25) is 0 Å². The van der Waals surface area contributed by atoms with E-state index in [1.807, 2.05) is 24.3 Å². The molecule has 5 heteroatoms. The largest absolute Gasteiger partial charge is 0.478 e. The third kappa shape index (κ3) is 3.55. The molecule has 0 radical (unpaired) electrons. The number of para-hydroxylation sites is 1. The van der Waals surface area contributed by atoms with E-state index in [1.54, 1.807) is 7.05 Å². The van der Waals surface area contributed by atoms with Crippen LogP contribution in [-0.4, -0.2) is 24.0 Å². The van der Waals surface area contributed by atoms with Crippen LogP contribution in [0.4, 0.5) is 5.69 Å². The molecule has 4 nitrogen and oxygen atoms in total. The lowest BCUT2D eigenvalue weighted by Crippen LogP contribution is -2.27. The Labute approximate surface area is 113 Å². The van der Waals surface area contributed by atoms with Crippen molar-refractivity contribution in [2.24, 2.45) is 0 Å². The third-order valence-electron chi connectivity index (χ3n) is 2.20. The summed E-state index contributed by atoms with van der Waals surface area (Å²) in [6.45, 7) is 1.49. The number of hydrogen-bond acceptors (Lipinski definition) is 2. The number of carbonyl (C=O) groups is 2. The minimum atomic E-state index is -1.12. The van der Waals surface area contributed by atoms with Gasteiger partial charge < -0.3 is 10.0 Å². The van der Waals surface area contributed by atoms with E-state index in [0.29, 0.717) is 0 Å². The predicted molar refractivity (Wildman–Crippen MR) is 74.0 cm³/mol. The second kappa shape index (κ2) is 5.81. The zero-order valence-corrected chi connectivity index (χ0v) is 11.6. The zero-order chi connectivity index (χ0) is 13.0. The lowest BCUT2D eigenvalue weighted by atomic mass is 10.2. The van der Waals surface area contributed by atoms with Crippen LogP contribution in [0.15, 0.2) is 35.9 Å². The van der Waals surface area contributed by atoms with Gasteiger partial charge in [0, 0.05) is 22.3 Å². The molecule has 0 unspecified atom stereocenters. The van der Waals surface area contributed by atoms with E-state index < -0.39 is 5.97 Å². The van der Waals surface area contributed by atoms with Gasteiger partial charge in [0.25, 0.3) is 5.91 Å². The summed E-state index contributed by atoms with van der Waals surface area (Å²) in [7, 11) is 1.62. The van der Waals surface area contributed by atoms with Crippen LogP contribution >= 0.6 is 22.6 Å². The highest BCUT2D eigenvalue weighted by atomic mass is 127. The Morgan fingerprint density at radius 3 is 2.47 bits per heavy atom. The van der Waals surface area contributed by atoms with Gasteiger partial charge in [0.1, 0.15) is 0 Å². The highest BCUT2D eigenvalue weighted by Gasteiger charge is 2.15. The van der Waals surface area contributed by atoms with Crippen molar-refractivity contribution in [2.75, 3.05) is 11.9 Å². The molecule has 0 bridgehead atoms. The molecule has 1 aromatic rings. The van der Waals surface area contributed by atoms with Gasteiger partial charge in [-0.25, -0.2) is 4.79 Å². The van der Waals surface area contributed by atoms with Gasteiger partial charge in [-0.3, -0.25) is 4.79 Å². The van der Waals surface area contributed by atoms with Crippen LogP contribution in [0.5, 0.6) is 0 Å². The quantitative estimate of drug-likeness (QED) is 0.676. The van der Waals surface area contributed by atoms with Gasteiger partial charge in [-0.2, -0.15) is 0 Å². The molecule has 0 aliphatic rings. The zero-order valence-electron chi connectivity index (χ0n) is 9.48. The average molecular weight is 345 g/mol. The van der Waals surface area contributed by atoms with Crippen molar-refractivity contribution in [1.29, 1.82) is 0 Å². The van der Waals surface area contributed by atoms with Crippen LogP contribution in [0.3, 0.4) is 0 Å². The van der Waals surface area contributed by atoms with Crippen LogP contribution < -0.4 is 4.90 Å². The molecule has 0 fully saturated rings. The third-order valence-corrected chi connectivity index (χ3v) is 3.11. The maximum absolute atomic E-state index is 11.9. The summed E-state index contributed by atoms with van der Waals surface area (Å²) in [6, 6.07) is 7.41. The summed E-state index contributed by atoms with van der Waals surface area (Å²) >= 11 is 2.13. The van der Waals surface area contributed by atoms with Crippen molar-refractivity contribution in [3.8, 4) is 0 Å². The SMILES string of the molecule is C/C(=C\C(=O)O)C(=O)N(C)c1ccccc1I. The van der Waals surface area contributed by atoms with Crippen molar-refractivity contribution in [1.82, 2.24) is 0 Å². The van der Waals surface area contributed by atoms with Crippen molar-refractivity contribution < 1.29 is 14.7 Å². The van der Waals surface area contributed by atoms with E-state index >= 15 is 0 Å². The summed E-state index contributed by atoms with van der Waals surface area (Å²) < 4.78 is 0.934. The van der Waals surface area contributed by atoms with Crippen LogP contribution in [0.1, 0.15) is 6.92 Å².